The van der Waals surface area contributed by atoms with Gasteiger partial charge in [-0.1, -0.05) is 38.0 Å². The van der Waals surface area contributed by atoms with Gasteiger partial charge in [-0.25, -0.2) is 13.1 Å². The summed E-state index contributed by atoms with van der Waals surface area (Å²) < 4.78 is 27.0. The van der Waals surface area contributed by atoms with Gasteiger partial charge in [-0.15, -0.1) is 0 Å². The van der Waals surface area contributed by atoms with Gasteiger partial charge >= 0.3 is 0 Å². The molecule has 1 unspecified atom stereocenters. The molecule has 1 aromatic rings. The third-order valence-electron chi connectivity index (χ3n) is 2.73. The van der Waals surface area contributed by atoms with Crippen molar-refractivity contribution >= 4 is 10.0 Å². The van der Waals surface area contributed by atoms with E-state index in [0.717, 1.165) is 24.8 Å². The number of nitrogens with one attached hydrogen (secondary N) is 1. The fourth-order valence-electron chi connectivity index (χ4n) is 1.76. The monoisotopic (exact) mass is 255 g/mol. The van der Waals surface area contributed by atoms with Crippen LogP contribution in [0.3, 0.4) is 0 Å². The first-order valence-corrected chi connectivity index (χ1v) is 7.53. The first-order chi connectivity index (χ1) is 7.97. The van der Waals surface area contributed by atoms with Crippen molar-refractivity contribution in [2.45, 2.75) is 51.0 Å². The zero-order chi connectivity index (χ0) is 12.9. The minimum Gasteiger partial charge on any atom is -0.208 e. The molecule has 0 spiro atoms. The highest BCUT2D eigenvalue weighted by Gasteiger charge is 2.18. The molecule has 0 heterocycles. The van der Waals surface area contributed by atoms with Gasteiger partial charge in [0.1, 0.15) is 0 Å². The summed E-state index contributed by atoms with van der Waals surface area (Å²) in [5.41, 5.74) is 0.780. The molecular weight excluding hydrogens is 234 g/mol. The molecule has 1 atom stereocenters. The number of rotatable bonds is 6. The smallest absolute Gasteiger partial charge is 0.208 e. The van der Waals surface area contributed by atoms with Crippen LogP contribution >= 0.6 is 0 Å². The molecule has 0 aliphatic heterocycles. The Kier molecular flexibility index (Phi) is 5.15. The lowest BCUT2D eigenvalue weighted by Gasteiger charge is -2.14. The summed E-state index contributed by atoms with van der Waals surface area (Å²) in [6, 6.07) is 7.03. The highest BCUT2D eigenvalue weighted by Crippen LogP contribution is 2.15. The Morgan fingerprint density at radius 1 is 1.29 bits per heavy atom. The highest BCUT2D eigenvalue weighted by molar-refractivity contribution is 7.89. The average Bonchev–Trinajstić information content (AvgIpc) is 2.26. The Hall–Kier alpha value is -0.870. The van der Waals surface area contributed by atoms with E-state index in [1.165, 1.54) is 0 Å². The third kappa shape index (κ3) is 4.13. The van der Waals surface area contributed by atoms with Crippen LogP contribution in [0.25, 0.3) is 0 Å². The Balaban J connectivity index is 2.79. The Morgan fingerprint density at radius 2 is 1.94 bits per heavy atom. The van der Waals surface area contributed by atoms with Gasteiger partial charge in [-0.05, 0) is 31.9 Å². The molecule has 1 rings (SSSR count). The molecule has 96 valence electrons. The van der Waals surface area contributed by atoms with E-state index in [4.69, 9.17) is 0 Å². The molecule has 0 aromatic heterocycles. The predicted molar refractivity (Wildman–Crippen MR) is 70.5 cm³/mol. The lowest BCUT2D eigenvalue weighted by Crippen LogP contribution is -2.32. The molecule has 0 bridgehead atoms. The zero-order valence-corrected chi connectivity index (χ0v) is 11.5. The number of unbranched alkanes of at least 4 members (excludes halogenated alkanes) is 1. The van der Waals surface area contributed by atoms with Crippen LogP contribution in [0.5, 0.6) is 0 Å². The van der Waals surface area contributed by atoms with E-state index in [2.05, 4.69) is 11.6 Å². The van der Waals surface area contributed by atoms with E-state index in [1.54, 1.807) is 12.1 Å². The van der Waals surface area contributed by atoms with Crippen LogP contribution in [-0.2, 0) is 10.0 Å². The van der Waals surface area contributed by atoms with Crippen molar-refractivity contribution in [1.29, 1.82) is 0 Å². The van der Waals surface area contributed by atoms with Crippen LogP contribution in [0.2, 0.25) is 0 Å². The van der Waals surface area contributed by atoms with E-state index in [0.29, 0.717) is 4.90 Å². The summed E-state index contributed by atoms with van der Waals surface area (Å²) in [5.74, 6) is 0. The maximum Gasteiger partial charge on any atom is 0.241 e. The number of aryl methyl sites for hydroxylation is 1. The highest BCUT2D eigenvalue weighted by atomic mass is 32.2. The topological polar surface area (TPSA) is 46.2 Å². The lowest BCUT2D eigenvalue weighted by atomic mass is 10.2. The van der Waals surface area contributed by atoms with E-state index < -0.39 is 10.0 Å². The van der Waals surface area contributed by atoms with Gasteiger partial charge in [-0.2, -0.15) is 0 Å². The molecule has 1 N–H and O–H groups in total. The van der Waals surface area contributed by atoms with Crippen molar-refractivity contribution in [2.75, 3.05) is 0 Å². The minimum absolute atomic E-state index is 0.0143. The third-order valence-corrected chi connectivity index (χ3v) is 4.48. The standard InChI is InChI=1S/C13H21NO2S/c1-4-5-9-12(3)14-17(15,16)13-10-7-6-8-11(13)2/h6-8,10,12,14H,4-5,9H2,1-3H3. The Bertz CT molecular complexity index is 454. The van der Waals surface area contributed by atoms with Gasteiger partial charge in [0.15, 0.2) is 0 Å². The van der Waals surface area contributed by atoms with Crippen molar-refractivity contribution in [3.05, 3.63) is 29.8 Å². The van der Waals surface area contributed by atoms with E-state index in [1.807, 2.05) is 26.0 Å². The van der Waals surface area contributed by atoms with E-state index in [-0.39, 0.29) is 6.04 Å². The molecule has 0 aliphatic rings. The van der Waals surface area contributed by atoms with Crippen molar-refractivity contribution in [2.24, 2.45) is 0 Å². The SMILES string of the molecule is CCCCC(C)NS(=O)(=O)c1ccccc1C. The molecule has 0 aliphatic carbocycles. The second-order valence-corrected chi connectivity index (χ2v) is 6.11. The number of benzene rings is 1. The number of sulfonamides is 1. The summed E-state index contributed by atoms with van der Waals surface area (Å²) in [4.78, 5) is 0.378. The number of hydrogen-bond acceptors (Lipinski definition) is 2. The maximum absolute atomic E-state index is 12.1. The van der Waals surface area contributed by atoms with Gasteiger partial charge in [0.05, 0.1) is 4.90 Å². The molecule has 1 aromatic carbocycles. The molecule has 0 saturated heterocycles. The molecule has 4 heteroatoms. The molecule has 0 amide bonds. The Morgan fingerprint density at radius 3 is 2.53 bits per heavy atom. The van der Waals surface area contributed by atoms with Crippen LogP contribution in [0.15, 0.2) is 29.2 Å². The van der Waals surface area contributed by atoms with Gasteiger partial charge in [-0.3, -0.25) is 0 Å². The minimum atomic E-state index is -3.37. The van der Waals surface area contributed by atoms with Gasteiger partial charge < -0.3 is 0 Å². The summed E-state index contributed by atoms with van der Waals surface area (Å²) >= 11 is 0. The van der Waals surface area contributed by atoms with Crippen molar-refractivity contribution in [3.8, 4) is 0 Å². The first-order valence-electron chi connectivity index (χ1n) is 6.05. The normalized spacial score (nSPS) is 13.6. The van der Waals surface area contributed by atoms with Crippen LogP contribution in [0.4, 0.5) is 0 Å². The average molecular weight is 255 g/mol. The summed E-state index contributed by atoms with van der Waals surface area (Å²) in [5, 5.41) is 0. The molecule has 17 heavy (non-hydrogen) atoms. The van der Waals surface area contributed by atoms with Crippen LogP contribution in [0.1, 0.15) is 38.7 Å². The molecule has 3 nitrogen and oxygen atoms in total. The maximum atomic E-state index is 12.1. The molecule has 0 fully saturated rings. The fraction of sp³-hybridized carbons (Fsp3) is 0.538. The summed E-state index contributed by atoms with van der Waals surface area (Å²) in [6.07, 6.45) is 3.00. The summed E-state index contributed by atoms with van der Waals surface area (Å²) in [6.45, 7) is 5.82. The van der Waals surface area contributed by atoms with Crippen LogP contribution < -0.4 is 4.72 Å². The second kappa shape index (κ2) is 6.17. The molecular formula is C13H21NO2S. The molecule has 0 radical (unpaired) electrons. The Labute approximate surface area is 104 Å². The van der Waals surface area contributed by atoms with E-state index >= 15 is 0 Å². The van der Waals surface area contributed by atoms with E-state index in [9.17, 15) is 8.42 Å². The second-order valence-electron chi connectivity index (χ2n) is 4.43. The van der Waals surface area contributed by atoms with Crippen molar-refractivity contribution < 1.29 is 8.42 Å². The van der Waals surface area contributed by atoms with Crippen LogP contribution in [0, 0.1) is 6.92 Å². The quantitative estimate of drug-likeness (QED) is 0.849. The molecule has 0 saturated carbocycles. The van der Waals surface area contributed by atoms with Crippen molar-refractivity contribution in [1.82, 2.24) is 4.72 Å². The number of hydrogen-bond donors (Lipinski definition) is 1. The van der Waals surface area contributed by atoms with Gasteiger partial charge in [0.25, 0.3) is 0 Å². The fourth-order valence-corrected chi connectivity index (χ4v) is 3.28. The predicted octanol–water partition coefficient (Wildman–Crippen LogP) is 2.85. The van der Waals surface area contributed by atoms with Crippen LogP contribution in [-0.4, -0.2) is 14.5 Å². The zero-order valence-electron chi connectivity index (χ0n) is 10.7. The largest absolute Gasteiger partial charge is 0.241 e. The summed E-state index contributed by atoms with van der Waals surface area (Å²) in [7, 11) is -3.37. The first kappa shape index (κ1) is 14.2. The van der Waals surface area contributed by atoms with Crippen molar-refractivity contribution in [3.63, 3.8) is 0 Å². The van der Waals surface area contributed by atoms with Gasteiger partial charge in [0, 0.05) is 6.04 Å². The lowest BCUT2D eigenvalue weighted by molar-refractivity contribution is 0.534. The van der Waals surface area contributed by atoms with Gasteiger partial charge in [0.2, 0.25) is 10.0 Å².